The van der Waals surface area contributed by atoms with Gasteiger partial charge in [0.25, 0.3) is 0 Å². The Labute approximate surface area is 91.3 Å². The highest BCUT2D eigenvalue weighted by molar-refractivity contribution is 5.81. The van der Waals surface area contributed by atoms with Crippen LogP contribution in [-0.2, 0) is 0 Å². The number of rotatable bonds is 5. The smallest absolute Gasteiger partial charge is 0.153 e. The summed E-state index contributed by atoms with van der Waals surface area (Å²) >= 11 is 0. The van der Waals surface area contributed by atoms with Crippen LogP contribution in [0.4, 0.5) is 0 Å². The second kappa shape index (κ2) is 6.63. The van der Waals surface area contributed by atoms with Crippen LogP contribution in [0, 0.1) is 0 Å². The minimum Gasteiger partial charge on any atom is -0.409 e. The van der Waals surface area contributed by atoms with Crippen LogP contribution < -0.4 is 11.1 Å². The molecule has 1 fully saturated rings. The van der Waals surface area contributed by atoms with Gasteiger partial charge in [0.2, 0.25) is 0 Å². The van der Waals surface area contributed by atoms with Gasteiger partial charge in [-0.3, -0.25) is 0 Å². The molecule has 0 saturated carbocycles. The number of hydrogen-bond donors (Lipinski definition) is 3. The molecule has 1 aliphatic rings. The molecule has 1 atom stereocenters. The molecule has 5 nitrogen and oxygen atoms in total. The van der Waals surface area contributed by atoms with E-state index in [1.165, 1.54) is 32.4 Å². The first kappa shape index (κ1) is 12.3. The fraction of sp³-hybridized carbons (Fsp3) is 0.900. The minimum absolute atomic E-state index is 0.237. The lowest BCUT2D eigenvalue weighted by atomic mass is 10.1. The molecule has 1 rings (SSSR count). The number of oxime groups is 1. The lowest BCUT2D eigenvalue weighted by Crippen LogP contribution is -2.44. The zero-order chi connectivity index (χ0) is 11.1. The summed E-state index contributed by atoms with van der Waals surface area (Å²) in [5.74, 6) is 0.237. The number of hydrogen-bond acceptors (Lipinski definition) is 4. The number of likely N-dealkylation sites (tertiary alicyclic amines) is 1. The van der Waals surface area contributed by atoms with E-state index >= 15 is 0 Å². The number of nitrogens with one attached hydrogen (secondary N) is 1. The van der Waals surface area contributed by atoms with Crippen molar-refractivity contribution in [2.45, 2.75) is 32.2 Å². The molecule has 4 N–H and O–H groups in total. The Morgan fingerprint density at radius 2 is 2.13 bits per heavy atom. The fourth-order valence-electron chi connectivity index (χ4n) is 1.91. The summed E-state index contributed by atoms with van der Waals surface area (Å²) in [7, 11) is 0. The first-order valence-corrected chi connectivity index (χ1v) is 5.64. The van der Waals surface area contributed by atoms with Gasteiger partial charge in [-0.25, -0.2) is 0 Å². The maximum atomic E-state index is 8.38. The quantitative estimate of drug-likeness (QED) is 0.264. The largest absolute Gasteiger partial charge is 0.409 e. The van der Waals surface area contributed by atoms with Crippen LogP contribution in [0.1, 0.15) is 26.2 Å². The molecule has 0 aromatic rings. The second-order valence-corrected chi connectivity index (χ2v) is 4.23. The van der Waals surface area contributed by atoms with Crippen molar-refractivity contribution >= 4 is 5.84 Å². The molecule has 1 unspecified atom stereocenters. The zero-order valence-electron chi connectivity index (χ0n) is 9.45. The van der Waals surface area contributed by atoms with Crippen molar-refractivity contribution < 1.29 is 5.21 Å². The van der Waals surface area contributed by atoms with E-state index < -0.39 is 0 Å². The van der Waals surface area contributed by atoms with Gasteiger partial charge in [0.1, 0.15) is 0 Å². The summed E-state index contributed by atoms with van der Waals surface area (Å²) in [6.45, 7) is 6.02. The lowest BCUT2D eigenvalue weighted by Gasteiger charge is -2.29. The Kier molecular flexibility index (Phi) is 5.42. The van der Waals surface area contributed by atoms with E-state index in [0.29, 0.717) is 12.6 Å². The van der Waals surface area contributed by atoms with E-state index in [1.54, 1.807) is 0 Å². The molecule has 88 valence electrons. The highest BCUT2D eigenvalue weighted by Crippen LogP contribution is 2.08. The Morgan fingerprint density at radius 1 is 1.47 bits per heavy atom. The van der Waals surface area contributed by atoms with Gasteiger partial charge >= 0.3 is 0 Å². The van der Waals surface area contributed by atoms with Crippen molar-refractivity contribution in [3.8, 4) is 0 Å². The molecule has 0 amide bonds. The summed E-state index contributed by atoms with van der Waals surface area (Å²) in [4.78, 5) is 2.47. The maximum absolute atomic E-state index is 8.38. The standard InChI is InChI=1S/C10H22N4O/c1-9(12-7-10(11)13-15)8-14-5-3-2-4-6-14/h9,12,15H,2-8H2,1H3,(H2,11,13). The maximum Gasteiger partial charge on any atom is 0.153 e. The van der Waals surface area contributed by atoms with Gasteiger partial charge in [-0.15, -0.1) is 0 Å². The van der Waals surface area contributed by atoms with Crippen LogP contribution in [0.2, 0.25) is 0 Å². The molecule has 5 heteroatoms. The molecule has 1 saturated heterocycles. The highest BCUT2D eigenvalue weighted by atomic mass is 16.4. The van der Waals surface area contributed by atoms with E-state index in [9.17, 15) is 0 Å². The predicted molar refractivity (Wildman–Crippen MR) is 61.2 cm³/mol. The lowest BCUT2D eigenvalue weighted by molar-refractivity contribution is 0.211. The third kappa shape index (κ3) is 4.99. The topological polar surface area (TPSA) is 73.9 Å². The summed E-state index contributed by atoms with van der Waals surface area (Å²) < 4.78 is 0. The SMILES string of the molecule is CC(CN1CCCCC1)NCC(N)=NO. The van der Waals surface area contributed by atoms with Crippen molar-refractivity contribution in [2.24, 2.45) is 10.9 Å². The molecule has 0 bridgehead atoms. The zero-order valence-corrected chi connectivity index (χ0v) is 9.45. The summed E-state index contributed by atoms with van der Waals surface area (Å²) in [5.41, 5.74) is 5.38. The molecule has 0 radical (unpaired) electrons. The molecule has 1 heterocycles. The first-order valence-electron chi connectivity index (χ1n) is 5.64. The van der Waals surface area contributed by atoms with E-state index in [2.05, 4.69) is 22.3 Å². The molecule has 15 heavy (non-hydrogen) atoms. The Balaban J connectivity index is 2.14. The average Bonchev–Trinajstić information content (AvgIpc) is 2.27. The van der Waals surface area contributed by atoms with Crippen molar-refractivity contribution in [2.75, 3.05) is 26.2 Å². The van der Waals surface area contributed by atoms with E-state index in [4.69, 9.17) is 10.9 Å². The van der Waals surface area contributed by atoms with Crippen molar-refractivity contribution in [3.05, 3.63) is 0 Å². The van der Waals surface area contributed by atoms with Gasteiger partial charge < -0.3 is 21.2 Å². The molecule has 0 aliphatic carbocycles. The van der Waals surface area contributed by atoms with Crippen LogP contribution in [0.5, 0.6) is 0 Å². The van der Waals surface area contributed by atoms with Crippen LogP contribution >= 0.6 is 0 Å². The molecule has 0 spiro atoms. The normalized spacial score (nSPS) is 21.5. The monoisotopic (exact) mass is 214 g/mol. The van der Waals surface area contributed by atoms with Crippen LogP contribution in [0.3, 0.4) is 0 Å². The number of piperidine rings is 1. The fourth-order valence-corrected chi connectivity index (χ4v) is 1.91. The Morgan fingerprint density at radius 3 is 2.73 bits per heavy atom. The Bertz CT molecular complexity index is 202. The van der Waals surface area contributed by atoms with Gasteiger partial charge in [-0.1, -0.05) is 11.6 Å². The van der Waals surface area contributed by atoms with Crippen molar-refractivity contribution in [1.82, 2.24) is 10.2 Å². The van der Waals surface area contributed by atoms with Gasteiger partial charge in [0.15, 0.2) is 5.84 Å². The predicted octanol–water partition coefficient (Wildman–Crippen LogP) is 0.197. The summed E-state index contributed by atoms with van der Waals surface area (Å²) in [5, 5.41) is 14.5. The molecule has 1 aliphatic heterocycles. The van der Waals surface area contributed by atoms with E-state index in [0.717, 1.165) is 6.54 Å². The van der Waals surface area contributed by atoms with Crippen molar-refractivity contribution in [3.63, 3.8) is 0 Å². The molecular formula is C10H22N4O. The second-order valence-electron chi connectivity index (χ2n) is 4.23. The van der Waals surface area contributed by atoms with Crippen LogP contribution in [0.15, 0.2) is 5.16 Å². The highest BCUT2D eigenvalue weighted by Gasteiger charge is 2.12. The molecule has 0 aromatic carbocycles. The van der Waals surface area contributed by atoms with Crippen LogP contribution in [-0.4, -0.2) is 48.2 Å². The minimum atomic E-state index is 0.237. The number of amidine groups is 1. The molecule has 0 aromatic heterocycles. The van der Waals surface area contributed by atoms with Crippen molar-refractivity contribution in [1.29, 1.82) is 0 Å². The number of nitrogens with two attached hydrogens (primary N) is 1. The number of nitrogens with zero attached hydrogens (tertiary/aromatic N) is 2. The first-order chi connectivity index (χ1) is 7.22. The third-order valence-corrected chi connectivity index (χ3v) is 2.74. The van der Waals surface area contributed by atoms with E-state index in [-0.39, 0.29) is 5.84 Å². The summed E-state index contributed by atoms with van der Waals surface area (Å²) in [6, 6.07) is 0.378. The Hall–Kier alpha value is -0.810. The molecular weight excluding hydrogens is 192 g/mol. The van der Waals surface area contributed by atoms with E-state index in [1.807, 2.05) is 0 Å². The van der Waals surface area contributed by atoms with Gasteiger partial charge in [0, 0.05) is 12.6 Å². The summed E-state index contributed by atoms with van der Waals surface area (Å²) in [6.07, 6.45) is 3.99. The third-order valence-electron chi connectivity index (χ3n) is 2.74. The van der Waals surface area contributed by atoms with Gasteiger partial charge in [-0.05, 0) is 32.9 Å². The average molecular weight is 214 g/mol. The van der Waals surface area contributed by atoms with Crippen LogP contribution in [0.25, 0.3) is 0 Å². The van der Waals surface area contributed by atoms with Gasteiger partial charge in [0.05, 0.1) is 6.54 Å². The van der Waals surface area contributed by atoms with Gasteiger partial charge in [-0.2, -0.15) is 0 Å².